The van der Waals surface area contributed by atoms with Gasteiger partial charge in [0, 0.05) is 4.88 Å². The molecule has 0 radical (unpaired) electrons. The molecule has 0 aliphatic rings. The molecular weight excluding hydrogens is 393 g/mol. The summed E-state index contributed by atoms with van der Waals surface area (Å²) in [5.74, 6) is -0.0535. The van der Waals surface area contributed by atoms with Gasteiger partial charge in [0.2, 0.25) is 0 Å². The van der Waals surface area contributed by atoms with Crippen LogP contribution in [0.4, 0.5) is 4.39 Å². The fraction of sp³-hybridized carbons (Fsp3) is 0.100. The Kier molecular flexibility index (Phi) is 5.57. The molecule has 1 atom stereocenters. The van der Waals surface area contributed by atoms with Crippen molar-refractivity contribution in [3.63, 3.8) is 0 Å². The summed E-state index contributed by atoms with van der Waals surface area (Å²) in [7, 11) is 0. The molecule has 2 heterocycles. The van der Waals surface area contributed by atoms with Crippen LogP contribution in [0.25, 0.3) is 5.69 Å². The van der Waals surface area contributed by atoms with Crippen molar-refractivity contribution in [1.82, 2.24) is 25.5 Å². The molecule has 2 aromatic heterocycles. The Labute approximate surface area is 169 Å². The van der Waals surface area contributed by atoms with Crippen molar-refractivity contribution in [1.29, 1.82) is 0 Å². The number of carbonyl (C=O) groups excluding carboxylic acids is 1. The van der Waals surface area contributed by atoms with Gasteiger partial charge < -0.3 is 10.1 Å². The number of amides is 1. The molecule has 0 aliphatic heterocycles. The first-order chi connectivity index (χ1) is 14.2. The smallest absolute Gasteiger partial charge is 0.258 e. The second kappa shape index (κ2) is 8.61. The Morgan fingerprint density at radius 3 is 2.59 bits per heavy atom. The van der Waals surface area contributed by atoms with E-state index in [1.807, 2.05) is 17.5 Å². The molecule has 1 amide bonds. The fourth-order valence-electron chi connectivity index (χ4n) is 2.76. The van der Waals surface area contributed by atoms with E-state index in [0.717, 1.165) is 16.1 Å². The van der Waals surface area contributed by atoms with Crippen LogP contribution < -0.4 is 10.1 Å². The number of aromatic nitrogens is 4. The lowest BCUT2D eigenvalue weighted by Gasteiger charge is -2.18. The first-order valence-electron chi connectivity index (χ1n) is 8.73. The second-order valence-electron chi connectivity index (χ2n) is 6.10. The Morgan fingerprint density at radius 1 is 1.14 bits per heavy atom. The zero-order valence-electron chi connectivity index (χ0n) is 15.1. The summed E-state index contributed by atoms with van der Waals surface area (Å²) in [6.07, 6.45) is 1.49. The van der Waals surface area contributed by atoms with E-state index in [2.05, 4.69) is 20.8 Å². The molecule has 29 heavy (non-hydrogen) atoms. The number of nitrogens with zero attached hydrogens (tertiary/aromatic N) is 4. The largest absolute Gasteiger partial charge is 0.484 e. The van der Waals surface area contributed by atoms with Gasteiger partial charge in [-0.15, -0.1) is 16.4 Å². The first kappa shape index (κ1) is 18.8. The molecule has 0 bridgehead atoms. The van der Waals surface area contributed by atoms with Gasteiger partial charge in [-0.25, -0.2) is 9.07 Å². The standard InChI is InChI=1S/C20H16FN5O2S/c21-15-5-3-14(4-6-15)20(18-2-1-11-29-18)23-19(27)12-28-17-9-7-16(8-10-17)26-13-22-24-25-26/h1-11,13,20H,12H2,(H,23,27)/t20-/m1/s1. The minimum Gasteiger partial charge on any atom is -0.484 e. The molecule has 4 aromatic rings. The van der Waals surface area contributed by atoms with Crippen molar-refractivity contribution in [2.45, 2.75) is 6.04 Å². The highest BCUT2D eigenvalue weighted by atomic mass is 32.1. The van der Waals surface area contributed by atoms with Crippen molar-refractivity contribution < 1.29 is 13.9 Å². The molecule has 0 saturated heterocycles. The molecule has 9 heteroatoms. The van der Waals surface area contributed by atoms with Crippen molar-refractivity contribution in [3.05, 3.63) is 88.6 Å². The van der Waals surface area contributed by atoms with Gasteiger partial charge in [0.05, 0.1) is 11.7 Å². The monoisotopic (exact) mass is 409 g/mol. The van der Waals surface area contributed by atoms with Crippen LogP contribution in [-0.4, -0.2) is 32.7 Å². The SMILES string of the molecule is O=C(COc1ccc(-n2cnnn2)cc1)N[C@H](c1ccc(F)cc1)c1cccs1. The average molecular weight is 409 g/mol. The molecule has 0 saturated carbocycles. The highest BCUT2D eigenvalue weighted by Crippen LogP contribution is 2.26. The lowest BCUT2D eigenvalue weighted by atomic mass is 10.1. The molecule has 7 nitrogen and oxygen atoms in total. The van der Waals surface area contributed by atoms with Gasteiger partial charge >= 0.3 is 0 Å². The van der Waals surface area contributed by atoms with Gasteiger partial charge in [-0.1, -0.05) is 18.2 Å². The summed E-state index contributed by atoms with van der Waals surface area (Å²) in [6.45, 7) is -0.146. The molecule has 146 valence electrons. The summed E-state index contributed by atoms with van der Waals surface area (Å²) in [6, 6.07) is 16.6. The zero-order chi connectivity index (χ0) is 20.1. The molecule has 4 rings (SSSR count). The zero-order valence-corrected chi connectivity index (χ0v) is 15.9. The summed E-state index contributed by atoms with van der Waals surface area (Å²) >= 11 is 1.52. The van der Waals surface area contributed by atoms with Gasteiger partial charge in [0.15, 0.2) is 6.61 Å². The number of rotatable bonds is 7. The number of hydrogen-bond donors (Lipinski definition) is 1. The molecule has 1 N–H and O–H groups in total. The third kappa shape index (κ3) is 4.64. The molecule has 0 aliphatic carbocycles. The van der Waals surface area contributed by atoms with Crippen LogP contribution in [0.1, 0.15) is 16.5 Å². The van der Waals surface area contributed by atoms with E-state index < -0.39 is 0 Å². The van der Waals surface area contributed by atoms with Gasteiger partial charge in [0.25, 0.3) is 5.91 Å². The summed E-state index contributed by atoms with van der Waals surface area (Å²) in [5, 5.41) is 15.9. The Hall–Kier alpha value is -3.59. The number of nitrogens with one attached hydrogen (secondary N) is 1. The quantitative estimate of drug-likeness (QED) is 0.507. The number of hydrogen-bond acceptors (Lipinski definition) is 6. The fourth-order valence-corrected chi connectivity index (χ4v) is 3.56. The predicted molar refractivity (Wildman–Crippen MR) is 105 cm³/mol. The molecule has 0 unspecified atom stereocenters. The van der Waals surface area contributed by atoms with Gasteiger partial charge in [-0.3, -0.25) is 4.79 Å². The Balaban J connectivity index is 1.40. The number of benzene rings is 2. The number of halogens is 1. The average Bonchev–Trinajstić information content (AvgIpc) is 3.46. The van der Waals surface area contributed by atoms with E-state index in [1.54, 1.807) is 36.4 Å². The van der Waals surface area contributed by atoms with E-state index in [-0.39, 0.29) is 24.4 Å². The minimum atomic E-state index is -0.367. The summed E-state index contributed by atoms with van der Waals surface area (Å²) < 4.78 is 20.4. The maximum atomic E-state index is 13.3. The predicted octanol–water partition coefficient (Wildman–Crippen LogP) is 3.15. The van der Waals surface area contributed by atoms with Crippen LogP contribution in [-0.2, 0) is 4.79 Å². The van der Waals surface area contributed by atoms with Crippen LogP contribution in [0.3, 0.4) is 0 Å². The van der Waals surface area contributed by atoms with E-state index in [0.29, 0.717) is 5.75 Å². The van der Waals surface area contributed by atoms with Gasteiger partial charge in [-0.2, -0.15) is 0 Å². The number of carbonyl (C=O) groups is 1. The minimum absolute atomic E-state index is 0.146. The lowest BCUT2D eigenvalue weighted by Crippen LogP contribution is -2.32. The van der Waals surface area contributed by atoms with E-state index in [1.165, 1.54) is 34.5 Å². The van der Waals surface area contributed by atoms with Gasteiger partial charge in [-0.05, 0) is 63.8 Å². The Morgan fingerprint density at radius 2 is 1.93 bits per heavy atom. The summed E-state index contributed by atoms with van der Waals surface area (Å²) in [5.41, 5.74) is 1.58. The first-order valence-corrected chi connectivity index (χ1v) is 9.61. The maximum absolute atomic E-state index is 13.3. The topological polar surface area (TPSA) is 81.9 Å². The third-order valence-electron chi connectivity index (χ3n) is 4.16. The van der Waals surface area contributed by atoms with Crippen LogP contribution >= 0.6 is 11.3 Å². The second-order valence-corrected chi connectivity index (χ2v) is 7.08. The molecule has 0 spiro atoms. The maximum Gasteiger partial charge on any atom is 0.258 e. The van der Waals surface area contributed by atoms with E-state index >= 15 is 0 Å². The van der Waals surface area contributed by atoms with Crippen LogP contribution in [0, 0.1) is 5.82 Å². The molecule has 0 fully saturated rings. The normalized spacial score (nSPS) is 11.8. The van der Waals surface area contributed by atoms with Crippen LogP contribution in [0.15, 0.2) is 72.4 Å². The highest BCUT2D eigenvalue weighted by Gasteiger charge is 2.18. The lowest BCUT2D eigenvalue weighted by molar-refractivity contribution is -0.123. The number of thiophene rings is 1. The summed E-state index contributed by atoms with van der Waals surface area (Å²) in [4.78, 5) is 13.4. The van der Waals surface area contributed by atoms with E-state index in [9.17, 15) is 9.18 Å². The van der Waals surface area contributed by atoms with Crippen molar-refractivity contribution in [2.75, 3.05) is 6.61 Å². The van der Waals surface area contributed by atoms with Gasteiger partial charge in [0.1, 0.15) is 17.9 Å². The number of tetrazole rings is 1. The van der Waals surface area contributed by atoms with Crippen molar-refractivity contribution >= 4 is 17.2 Å². The van der Waals surface area contributed by atoms with Crippen LogP contribution in [0.2, 0.25) is 0 Å². The molecule has 2 aromatic carbocycles. The molecular formula is C20H16FN5O2S. The van der Waals surface area contributed by atoms with E-state index in [4.69, 9.17) is 4.74 Å². The number of ether oxygens (including phenoxy) is 1. The highest BCUT2D eigenvalue weighted by molar-refractivity contribution is 7.10. The van der Waals surface area contributed by atoms with Crippen molar-refractivity contribution in [3.8, 4) is 11.4 Å². The van der Waals surface area contributed by atoms with Crippen LogP contribution in [0.5, 0.6) is 5.75 Å². The third-order valence-corrected chi connectivity index (χ3v) is 5.09. The van der Waals surface area contributed by atoms with Crippen molar-refractivity contribution in [2.24, 2.45) is 0 Å². The Bertz CT molecular complexity index is 1050.